The van der Waals surface area contributed by atoms with Gasteiger partial charge >= 0.3 is 0 Å². The lowest BCUT2D eigenvalue weighted by Crippen LogP contribution is -2.32. The quantitative estimate of drug-likeness (QED) is 0.661. The Morgan fingerprint density at radius 3 is 2.26 bits per heavy atom. The molecule has 27 heavy (non-hydrogen) atoms. The summed E-state index contributed by atoms with van der Waals surface area (Å²) >= 11 is 5.87. The van der Waals surface area contributed by atoms with Crippen LogP contribution in [0.4, 0.5) is 5.69 Å². The van der Waals surface area contributed by atoms with Crippen molar-refractivity contribution in [1.29, 1.82) is 0 Å². The summed E-state index contributed by atoms with van der Waals surface area (Å²) in [7, 11) is 0. The highest BCUT2D eigenvalue weighted by Crippen LogP contribution is 2.21. The Balaban J connectivity index is 1.51. The Kier molecular flexibility index (Phi) is 6.07. The lowest BCUT2D eigenvalue weighted by Gasteiger charge is -2.08. The molecular weight excluding hydrogens is 364 g/mol. The number of ether oxygens (including phenoxy) is 1. The molecule has 0 aromatic heterocycles. The van der Waals surface area contributed by atoms with Gasteiger partial charge in [0.1, 0.15) is 11.5 Å². The van der Waals surface area contributed by atoms with Crippen LogP contribution in [-0.2, 0) is 4.79 Å². The molecule has 3 aromatic carbocycles. The highest BCUT2D eigenvalue weighted by molar-refractivity contribution is 6.30. The fourth-order valence-electron chi connectivity index (χ4n) is 2.33. The molecule has 0 bridgehead atoms. The van der Waals surface area contributed by atoms with Crippen molar-refractivity contribution in [2.45, 2.75) is 0 Å². The third-order valence-electron chi connectivity index (χ3n) is 3.61. The first-order valence-corrected chi connectivity index (χ1v) is 8.64. The Morgan fingerprint density at radius 1 is 0.852 bits per heavy atom. The van der Waals surface area contributed by atoms with E-state index in [1.54, 1.807) is 48.5 Å². The predicted octanol–water partition coefficient (Wildman–Crippen LogP) is 4.50. The van der Waals surface area contributed by atoms with Crippen LogP contribution >= 0.6 is 11.6 Å². The van der Waals surface area contributed by atoms with Crippen LogP contribution in [0.2, 0.25) is 5.02 Å². The van der Waals surface area contributed by atoms with Crippen molar-refractivity contribution in [2.24, 2.45) is 0 Å². The Morgan fingerprint density at radius 2 is 1.56 bits per heavy atom. The molecule has 0 unspecified atom stereocenters. The standard InChI is InChI=1S/C21H17ClN2O3/c22-16-5-4-6-17(13-16)24-20(25)14-23-21(26)15-9-11-19(12-10-15)27-18-7-2-1-3-8-18/h1-13H,14H2,(H,23,26)(H,24,25). The molecule has 0 aliphatic carbocycles. The molecule has 2 amide bonds. The van der Waals surface area contributed by atoms with E-state index in [9.17, 15) is 9.59 Å². The van der Waals surface area contributed by atoms with Crippen LogP contribution in [0.3, 0.4) is 0 Å². The molecule has 0 saturated carbocycles. The van der Waals surface area contributed by atoms with Gasteiger partial charge in [-0.3, -0.25) is 9.59 Å². The summed E-state index contributed by atoms with van der Waals surface area (Å²) in [4.78, 5) is 24.1. The Labute approximate surface area is 161 Å². The molecule has 3 aromatic rings. The molecule has 6 heteroatoms. The van der Waals surface area contributed by atoms with E-state index in [1.807, 2.05) is 30.3 Å². The first kappa shape index (κ1) is 18.5. The van der Waals surface area contributed by atoms with Gasteiger partial charge in [0.05, 0.1) is 6.54 Å². The van der Waals surface area contributed by atoms with E-state index < -0.39 is 0 Å². The fraction of sp³-hybridized carbons (Fsp3) is 0.0476. The first-order chi connectivity index (χ1) is 13.1. The third kappa shape index (κ3) is 5.59. The minimum absolute atomic E-state index is 0.145. The average Bonchev–Trinajstić information content (AvgIpc) is 2.67. The molecular formula is C21H17ClN2O3. The van der Waals surface area contributed by atoms with E-state index in [-0.39, 0.29) is 18.4 Å². The summed E-state index contributed by atoms with van der Waals surface area (Å²) in [5.74, 6) is 0.654. The van der Waals surface area contributed by atoms with E-state index in [1.165, 1.54) is 0 Å². The van der Waals surface area contributed by atoms with Gasteiger partial charge in [-0.2, -0.15) is 0 Å². The van der Waals surface area contributed by atoms with E-state index in [0.717, 1.165) is 0 Å². The number of benzene rings is 3. The number of carbonyl (C=O) groups excluding carboxylic acids is 2. The molecule has 2 N–H and O–H groups in total. The van der Waals surface area contributed by atoms with Crippen molar-refractivity contribution in [3.63, 3.8) is 0 Å². The SMILES string of the molecule is O=C(CNC(=O)c1ccc(Oc2ccccc2)cc1)Nc1cccc(Cl)c1. The smallest absolute Gasteiger partial charge is 0.251 e. The summed E-state index contributed by atoms with van der Waals surface area (Å²) in [6.07, 6.45) is 0. The monoisotopic (exact) mass is 380 g/mol. The molecule has 136 valence electrons. The molecule has 5 nitrogen and oxygen atoms in total. The van der Waals surface area contributed by atoms with Gasteiger partial charge in [-0.05, 0) is 54.6 Å². The number of carbonyl (C=O) groups is 2. The van der Waals surface area contributed by atoms with Crippen LogP contribution in [0, 0.1) is 0 Å². The van der Waals surface area contributed by atoms with E-state index in [0.29, 0.717) is 27.8 Å². The van der Waals surface area contributed by atoms with E-state index >= 15 is 0 Å². The molecule has 3 rings (SSSR count). The largest absolute Gasteiger partial charge is 0.457 e. The second kappa shape index (κ2) is 8.87. The van der Waals surface area contributed by atoms with Gasteiger partial charge in [0.2, 0.25) is 5.91 Å². The summed E-state index contributed by atoms with van der Waals surface area (Å²) < 4.78 is 5.68. The number of nitrogens with one attached hydrogen (secondary N) is 2. The number of rotatable bonds is 6. The first-order valence-electron chi connectivity index (χ1n) is 8.27. The van der Waals surface area contributed by atoms with Crippen LogP contribution in [0.15, 0.2) is 78.9 Å². The van der Waals surface area contributed by atoms with Gasteiger partial charge in [0.25, 0.3) is 5.91 Å². The van der Waals surface area contributed by atoms with Gasteiger partial charge in [-0.25, -0.2) is 0 Å². The zero-order chi connectivity index (χ0) is 19.1. The number of halogens is 1. The third-order valence-corrected chi connectivity index (χ3v) is 3.85. The topological polar surface area (TPSA) is 67.4 Å². The highest BCUT2D eigenvalue weighted by atomic mass is 35.5. The maximum atomic E-state index is 12.2. The number of amides is 2. The van der Waals surface area contributed by atoms with Crippen LogP contribution in [0.1, 0.15) is 10.4 Å². The average molecular weight is 381 g/mol. The minimum atomic E-state index is -0.345. The van der Waals surface area contributed by atoms with Crippen molar-refractivity contribution >= 4 is 29.1 Å². The Hall–Kier alpha value is -3.31. The second-order valence-electron chi connectivity index (χ2n) is 5.68. The van der Waals surface area contributed by atoms with Crippen molar-refractivity contribution < 1.29 is 14.3 Å². The minimum Gasteiger partial charge on any atom is -0.457 e. The molecule has 0 saturated heterocycles. The zero-order valence-corrected chi connectivity index (χ0v) is 15.1. The van der Waals surface area contributed by atoms with Crippen molar-refractivity contribution in [3.05, 3.63) is 89.4 Å². The Bertz CT molecular complexity index is 928. The summed E-state index contributed by atoms with van der Waals surface area (Å²) in [6.45, 7) is -0.145. The van der Waals surface area contributed by atoms with Gasteiger partial charge in [-0.15, -0.1) is 0 Å². The molecule has 0 heterocycles. The maximum Gasteiger partial charge on any atom is 0.251 e. The molecule has 0 aliphatic rings. The number of hydrogen-bond acceptors (Lipinski definition) is 3. The molecule has 0 radical (unpaired) electrons. The second-order valence-corrected chi connectivity index (χ2v) is 6.12. The summed E-state index contributed by atoms with van der Waals surface area (Å²) in [6, 6.07) is 22.8. The van der Waals surface area contributed by atoms with Crippen LogP contribution in [0.5, 0.6) is 11.5 Å². The van der Waals surface area contributed by atoms with Gasteiger partial charge in [-0.1, -0.05) is 35.9 Å². The summed E-state index contributed by atoms with van der Waals surface area (Å²) in [5.41, 5.74) is 1.01. The van der Waals surface area contributed by atoms with Crippen molar-refractivity contribution in [1.82, 2.24) is 5.32 Å². The van der Waals surface area contributed by atoms with Crippen molar-refractivity contribution in [2.75, 3.05) is 11.9 Å². The lowest BCUT2D eigenvalue weighted by atomic mass is 10.2. The van der Waals surface area contributed by atoms with Crippen LogP contribution in [-0.4, -0.2) is 18.4 Å². The zero-order valence-electron chi connectivity index (χ0n) is 14.3. The molecule has 0 spiro atoms. The van der Waals surface area contributed by atoms with Crippen molar-refractivity contribution in [3.8, 4) is 11.5 Å². The van der Waals surface area contributed by atoms with E-state index in [2.05, 4.69) is 10.6 Å². The van der Waals surface area contributed by atoms with Crippen LogP contribution in [0.25, 0.3) is 0 Å². The lowest BCUT2D eigenvalue weighted by molar-refractivity contribution is -0.115. The molecule has 0 fully saturated rings. The highest BCUT2D eigenvalue weighted by Gasteiger charge is 2.09. The van der Waals surface area contributed by atoms with Gasteiger partial charge in [0, 0.05) is 16.3 Å². The number of para-hydroxylation sites is 1. The van der Waals surface area contributed by atoms with E-state index in [4.69, 9.17) is 16.3 Å². The number of anilines is 1. The summed E-state index contributed by atoms with van der Waals surface area (Å²) in [5, 5.41) is 5.77. The predicted molar refractivity (Wildman–Crippen MR) is 105 cm³/mol. The van der Waals surface area contributed by atoms with Gasteiger partial charge in [0.15, 0.2) is 0 Å². The number of hydrogen-bond donors (Lipinski definition) is 2. The molecule has 0 atom stereocenters. The maximum absolute atomic E-state index is 12.2. The van der Waals surface area contributed by atoms with Gasteiger partial charge < -0.3 is 15.4 Å². The normalized spacial score (nSPS) is 10.1. The fourth-order valence-corrected chi connectivity index (χ4v) is 2.52. The van der Waals surface area contributed by atoms with Crippen LogP contribution < -0.4 is 15.4 Å². The molecule has 0 aliphatic heterocycles.